The van der Waals surface area contributed by atoms with Crippen molar-refractivity contribution >= 4 is 11.7 Å². The van der Waals surface area contributed by atoms with Gasteiger partial charge in [-0.3, -0.25) is 4.79 Å². The van der Waals surface area contributed by atoms with E-state index in [0.29, 0.717) is 12.3 Å². The van der Waals surface area contributed by atoms with Crippen LogP contribution in [0, 0.1) is 0 Å². The van der Waals surface area contributed by atoms with Crippen molar-refractivity contribution in [3.05, 3.63) is 95.6 Å². The maximum Gasteiger partial charge on any atom is 0.304 e. The van der Waals surface area contributed by atoms with E-state index in [2.05, 4.69) is 5.16 Å². The van der Waals surface area contributed by atoms with Crippen molar-refractivity contribution < 1.29 is 24.2 Å². The largest absolute Gasteiger partial charge is 0.489 e. The molecule has 33 heavy (non-hydrogen) atoms. The lowest BCUT2D eigenvalue weighted by Gasteiger charge is -2.23. The van der Waals surface area contributed by atoms with Crippen molar-refractivity contribution in [2.24, 2.45) is 5.16 Å². The van der Waals surface area contributed by atoms with Gasteiger partial charge < -0.3 is 19.4 Å². The van der Waals surface area contributed by atoms with E-state index in [4.69, 9.17) is 19.4 Å². The standard InChI is InChI=1S/C27H29NO5/c1-27(2,17-26(29)30)22-11-15-24(16-12-22)32-18-20-9-13-23(14-10-20)33-19-25(28-31-3)21-7-5-4-6-8-21/h4-16H,17-19H2,1-3H3,(H,29,30). The molecule has 0 bridgehead atoms. The van der Waals surface area contributed by atoms with Crippen LogP contribution in [0.2, 0.25) is 0 Å². The number of carboxylic acids is 1. The van der Waals surface area contributed by atoms with Crippen molar-refractivity contribution in [2.75, 3.05) is 13.7 Å². The van der Waals surface area contributed by atoms with Gasteiger partial charge in [0.2, 0.25) is 0 Å². The van der Waals surface area contributed by atoms with Gasteiger partial charge in [0.25, 0.3) is 0 Å². The van der Waals surface area contributed by atoms with E-state index in [1.54, 1.807) is 0 Å². The number of ether oxygens (including phenoxy) is 2. The molecule has 6 nitrogen and oxygen atoms in total. The number of aliphatic carboxylic acids is 1. The summed E-state index contributed by atoms with van der Waals surface area (Å²) in [5, 5.41) is 13.2. The van der Waals surface area contributed by atoms with Gasteiger partial charge in [-0.05, 0) is 35.4 Å². The minimum absolute atomic E-state index is 0.0752. The fraction of sp³-hybridized carbons (Fsp3) is 0.259. The molecule has 172 valence electrons. The van der Waals surface area contributed by atoms with E-state index in [-0.39, 0.29) is 13.0 Å². The molecule has 0 saturated carbocycles. The molecule has 0 atom stereocenters. The first-order valence-electron chi connectivity index (χ1n) is 10.7. The number of hydrogen-bond acceptors (Lipinski definition) is 5. The molecule has 3 aromatic rings. The van der Waals surface area contributed by atoms with Gasteiger partial charge >= 0.3 is 5.97 Å². The number of carbonyl (C=O) groups is 1. The first-order chi connectivity index (χ1) is 15.9. The molecule has 0 aliphatic carbocycles. The maximum absolute atomic E-state index is 11.1. The van der Waals surface area contributed by atoms with E-state index in [1.807, 2.05) is 92.7 Å². The highest BCUT2D eigenvalue weighted by atomic mass is 16.6. The Labute approximate surface area is 194 Å². The number of nitrogens with zero attached hydrogens (tertiary/aromatic N) is 1. The first kappa shape index (κ1) is 23.9. The van der Waals surface area contributed by atoms with Gasteiger partial charge in [-0.1, -0.05) is 73.6 Å². The number of rotatable bonds is 11. The van der Waals surface area contributed by atoms with Crippen LogP contribution in [0.15, 0.2) is 84.0 Å². The zero-order valence-corrected chi connectivity index (χ0v) is 19.2. The molecule has 1 N–H and O–H groups in total. The number of benzene rings is 3. The third-order valence-corrected chi connectivity index (χ3v) is 5.24. The second-order valence-corrected chi connectivity index (χ2v) is 8.29. The quantitative estimate of drug-likeness (QED) is 0.313. The Hall–Kier alpha value is -3.80. The Morgan fingerprint density at radius 1 is 0.879 bits per heavy atom. The summed E-state index contributed by atoms with van der Waals surface area (Å²) in [6.45, 7) is 4.55. The summed E-state index contributed by atoms with van der Waals surface area (Å²) in [7, 11) is 1.52. The lowest BCUT2D eigenvalue weighted by atomic mass is 9.82. The summed E-state index contributed by atoms with van der Waals surface area (Å²) in [4.78, 5) is 16.0. The normalized spacial score (nSPS) is 11.7. The van der Waals surface area contributed by atoms with E-state index < -0.39 is 11.4 Å². The van der Waals surface area contributed by atoms with Gasteiger partial charge in [0, 0.05) is 11.0 Å². The fourth-order valence-electron chi connectivity index (χ4n) is 3.39. The van der Waals surface area contributed by atoms with Crippen LogP contribution >= 0.6 is 0 Å². The number of carboxylic acid groups (broad SMARTS) is 1. The summed E-state index contributed by atoms with van der Waals surface area (Å²) in [6.07, 6.45) is 0.0752. The van der Waals surface area contributed by atoms with E-state index >= 15 is 0 Å². The van der Waals surface area contributed by atoms with Gasteiger partial charge in [-0.15, -0.1) is 0 Å². The smallest absolute Gasteiger partial charge is 0.304 e. The van der Waals surface area contributed by atoms with E-state index in [1.165, 1.54) is 7.11 Å². The van der Waals surface area contributed by atoms with Crippen LogP contribution in [0.25, 0.3) is 0 Å². The number of oxime groups is 1. The minimum atomic E-state index is -0.810. The molecule has 3 aromatic carbocycles. The summed E-state index contributed by atoms with van der Waals surface area (Å²) >= 11 is 0. The number of hydrogen-bond donors (Lipinski definition) is 1. The first-order valence-corrected chi connectivity index (χ1v) is 10.7. The molecule has 0 aliphatic rings. The van der Waals surface area contributed by atoms with Crippen LogP contribution in [-0.4, -0.2) is 30.5 Å². The molecule has 0 unspecified atom stereocenters. The van der Waals surface area contributed by atoms with Crippen LogP contribution in [0.3, 0.4) is 0 Å². The minimum Gasteiger partial charge on any atom is -0.489 e. The lowest BCUT2D eigenvalue weighted by Crippen LogP contribution is -2.21. The van der Waals surface area contributed by atoms with Crippen LogP contribution in [-0.2, 0) is 21.7 Å². The zero-order chi connectivity index (χ0) is 23.7. The third kappa shape index (κ3) is 7.10. The summed E-state index contributed by atoms with van der Waals surface area (Å²) in [5.41, 5.74) is 3.19. The fourth-order valence-corrected chi connectivity index (χ4v) is 3.39. The molecule has 0 amide bonds. The van der Waals surface area contributed by atoms with E-state index in [9.17, 15) is 4.79 Å². The molecule has 0 radical (unpaired) electrons. The molecular formula is C27H29NO5. The SMILES string of the molecule is CON=C(COc1ccc(COc2ccc(C(C)(C)CC(=O)O)cc2)cc1)c1ccccc1. The predicted molar refractivity (Wildman–Crippen MR) is 128 cm³/mol. The van der Waals surface area contributed by atoms with Crippen molar-refractivity contribution in [1.29, 1.82) is 0 Å². The predicted octanol–water partition coefficient (Wildman–Crippen LogP) is 5.45. The molecule has 0 spiro atoms. The van der Waals surface area contributed by atoms with Crippen molar-refractivity contribution in [3.63, 3.8) is 0 Å². The van der Waals surface area contributed by atoms with Gasteiger partial charge in [0.05, 0.1) is 6.42 Å². The van der Waals surface area contributed by atoms with Gasteiger partial charge in [0.1, 0.15) is 37.5 Å². The highest BCUT2D eigenvalue weighted by molar-refractivity contribution is 6.01. The Morgan fingerprint density at radius 2 is 1.48 bits per heavy atom. The highest BCUT2D eigenvalue weighted by Gasteiger charge is 2.23. The van der Waals surface area contributed by atoms with Crippen molar-refractivity contribution in [2.45, 2.75) is 32.3 Å². The van der Waals surface area contributed by atoms with Crippen LogP contribution in [0.1, 0.15) is 37.0 Å². The topological polar surface area (TPSA) is 77.3 Å². The van der Waals surface area contributed by atoms with Crippen LogP contribution in [0.5, 0.6) is 11.5 Å². The molecule has 0 fully saturated rings. The summed E-state index contributed by atoms with van der Waals surface area (Å²) in [6, 6.07) is 25.0. The van der Waals surface area contributed by atoms with E-state index in [0.717, 1.165) is 28.2 Å². The Morgan fingerprint density at radius 3 is 2.09 bits per heavy atom. The highest BCUT2D eigenvalue weighted by Crippen LogP contribution is 2.28. The molecule has 0 heterocycles. The lowest BCUT2D eigenvalue weighted by molar-refractivity contribution is -0.138. The van der Waals surface area contributed by atoms with Crippen LogP contribution in [0.4, 0.5) is 0 Å². The zero-order valence-electron chi connectivity index (χ0n) is 19.2. The monoisotopic (exact) mass is 447 g/mol. The molecule has 0 saturated heterocycles. The molecule has 0 aromatic heterocycles. The summed E-state index contributed by atoms with van der Waals surface area (Å²) < 4.78 is 11.7. The Kier molecular flexibility index (Phi) is 8.08. The maximum atomic E-state index is 11.1. The molecule has 0 aliphatic heterocycles. The average molecular weight is 448 g/mol. The van der Waals surface area contributed by atoms with Gasteiger partial charge in [0.15, 0.2) is 0 Å². The Balaban J connectivity index is 1.53. The molecular weight excluding hydrogens is 418 g/mol. The van der Waals surface area contributed by atoms with Gasteiger partial charge in [-0.2, -0.15) is 0 Å². The Bertz CT molecular complexity index is 1060. The molecule has 6 heteroatoms. The van der Waals surface area contributed by atoms with Crippen molar-refractivity contribution in [1.82, 2.24) is 0 Å². The van der Waals surface area contributed by atoms with Crippen LogP contribution < -0.4 is 9.47 Å². The second kappa shape index (κ2) is 11.2. The summed E-state index contributed by atoms with van der Waals surface area (Å²) in [5.74, 6) is 0.645. The average Bonchev–Trinajstić information content (AvgIpc) is 2.81. The third-order valence-electron chi connectivity index (χ3n) is 5.24. The van der Waals surface area contributed by atoms with Crippen molar-refractivity contribution in [3.8, 4) is 11.5 Å². The van der Waals surface area contributed by atoms with Gasteiger partial charge in [-0.25, -0.2) is 0 Å². The second-order valence-electron chi connectivity index (χ2n) is 8.29. The molecule has 3 rings (SSSR count).